The smallest absolute Gasteiger partial charge is 0.290 e. The number of hydrogen-bond acceptors (Lipinski definition) is 8. The number of hydrogen-bond donors (Lipinski definition) is 1. The summed E-state index contributed by atoms with van der Waals surface area (Å²) < 4.78 is 26.9. The van der Waals surface area contributed by atoms with Crippen LogP contribution in [0.1, 0.15) is 27.7 Å². The highest BCUT2D eigenvalue weighted by atomic mass is 16.5. The van der Waals surface area contributed by atoms with Gasteiger partial charge in [-0.1, -0.05) is 6.07 Å². The van der Waals surface area contributed by atoms with Gasteiger partial charge in [-0.25, -0.2) is 0 Å². The zero-order valence-corrected chi connectivity index (χ0v) is 20.4. The average Bonchev–Trinajstić information content (AvgIpc) is 3.54. The van der Waals surface area contributed by atoms with Crippen LogP contribution < -0.4 is 18.9 Å². The van der Waals surface area contributed by atoms with E-state index in [1.54, 1.807) is 44.6 Å². The Kier molecular flexibility index (Phi) is 7.19. The van der Waals surface area contributed by atoms with Crippen molar-refractivity contribution in [3.05, 3.63) is 83.0 Å². The molecule has 0 spiro atoms. The maximum absolute atomic E-state index is 13.4. The van der Waals surface area contributed by atoms with E-state index >= 15 is 0 Å². The number of carbonyl (C=O) groups excluding carboxylic acids is 2. The van der Waals surface area contributed by atoms with Gasteiger partial charge in [0.2, 0.25) is 5.78 Å². The van der Waals surface area contributed by atoms with Crippen LogP contribution in [-0.4, -0.2) is 56.7 Å². The summed E-state index contributed by atoms with van der Waals surface area (Å²) in [4.78, 5) is 28.1. The molecule has 188 valence electrons. The zero-order valence-electron chi connectivity index (χ0n) is 20.4. The van der Waals surface area contributed by atoms with Crippen molar-refractivity contribution < 1.29 is 38.1 Å². The first-order chi connectivity index (χ1) is 17.4. The number of aliphatic hydroxyl groups excluding tert-OH is 1. The molecule has 1 aliphatic heterocycles. The van der Waals surface area contributed by atoms with Crippen LogP contribution in [0.25, 0.3) is 0 Å². The summed E-state index contributed by atoms with van der Waals surface area (Å²) in [7, 11) is 6.11. The predicted octanol–water partition coefficient (Wildman–Crippen LogP) is 4.14. The average molecular weight is 494 g/mol. The van der Waals surface area contributed by atoms with E-state index in [2.05, 4.69) is 0 Å². The Bertz CT molecular complexity index is 1300. The Morgan fingerprint density at radius 3 is 2.31 bits per heavy atom. The second-order valence-electron chi connectivity index (χ2n) is 8.02. The van der Waals surface area contributed by atoms with Crippen molar-refractivity contribution in [2.24, 2.45) is 0 Å². The lowest BCUT2D eigenvalue weighted by Gasteiger charge is -2.28. The summed E-state index contributed by atoms with van der Waals surface area (Å²) >= 11 is 0. The summed E-state index contributed by atoms with van der Waals surface area (Å²) in [5, 5.41) is 10.9. The fraction of sp³-hybridized carbons (Fsp3) is 0.259. The number of furan rings is 1. The normalized spacial score (nSPS) is 15.3. The third-order valence-electron chi connectivity index (χ3n) is 6.11. The van der Waals surface area contributed by atoms with Gasteiger partial charge < -0.3 is 33.4 Å². The van der Waals surface area contributed by atoms with Crippen molar-refractivity contribution in [2.75, 3.05) is 35.0 Å². The summed E-state index contributed by atoms with van der Waals surface area (Å²) in [5.74, 6) is 0.219. The summed E-state index contributed by atoms with van der Waals surface area (Å²) in [6.45, 7) is 0.193. The van der Waals surface area contributed by atoms with Gasteiger partial charge in [0.15, 0.2) is 23.0 Å². The Balaban J connectivity index is 1.76. The first-order valence-corrected chi connectivity index (χ1v) is 11.2. The monoisotopic (exact) mass is 493 g/mol. The van der Waals surface area contributed by atoms with E-state index in [9.17, 15) is 14.7 Å². The van der Waals surface area contributed by atoms with Crippen LogP contribution in [0.4, 0.5) is 0 Å². The van der Waals surface area contributed by atoms with Gasteiger partial charge in [-0.3, -0.25) is 9.59 Å². The van der Waals surface area contributed by atoms with Crippen molar-refractivity contribution in [1.82, 2.24) is 4.90 Å². The van der Waals surface area contributed by atoms with E-state index in [1.165, 1.54) is 31.4 Å². The first-order valence-electron chi connectivity index (χ1n) is 11.2. The molecule has 1 amide bonds. The molecule has 0 bridgehead atoms. The van der Waals surface area contributed by atoms with Gasteiger partial charge in [0.1, 0.15) is 11.5 Å². The molecule has 36 heavy (non-hydrogen) atoms. The quantitative estimate of drug-likeness (QED) is 0.420. The third-order valence-corrected chi connectivity index (χ3v) is 6.11. The SMILES string of the molecule is COc1ccc(OC)c([C@@H]2C(C(=O)c3ccco3)=C(O)C(=O)N2CCc2ccc(OC)c(OC)c2)c1. The largest absolute Gasteiger partial charge is 0.503 e. The van der Waals surface area contributed by atoms with E-state index in [0.29, 0.717) is 35.0 Å². The van der Waals surface area contributed by atoms with Crippen LogP contribution in [0.3, 0.4) is 0 Å². The highest BCUT2D eigenvalue weighted by Crippen LogP contribution is 2.43. The number of ether oxygens (including phenoxy) is 4. The lowest BCUT2D eigenvalue weighted by Crippen LogP contribution is -2.33. The lowest BCUT2D eigenvalue weighted by atomic mass is 9.94. The van der Waals surface area contributed by atoms with Crippen molar-refractivity contribution in [3.8, 4) is 23.0 Å². The molecule has 9 nitrogen and oxygen atoms in total. The Morgan fingerprint density at radius 1 is 0.944 bits per heavy atom. The molecule has 4 rings (SSSR count). The maximum atomic E-state index is 13.4. The molecule has 2 heterocycles. The van der Waals surface area contributed by atoms with Crippen molar-refractivity contribution >= 4 is 11.7 Å². The lowest BCUT2D eigenvalue weighted by molar-refractivity contribution is -0.129. The van der Waals surface area contributed by atoms with Crippen LogP contribution >= 0.6 is 0 Å². The highest BCUT2D eigenvalue weighted by molar-refractivity contribution is 6.15. The Morgan fingerprint density at radius 2 is 1.67 bits per heavy atom. The topological polar surface area (TPSA) is 108 Å². The Labute approximate surface area is 208 Å². The number of ketones is 1. The van der Waals surface area contributed by atoms with Gasteiger partial charge in [0.05, 0.1) is 46.3 Å². The molecule has 0 fully saturated rings. The number of benzene rings is 2. The number of Topliss-reactive ketones (excluding diaryl/α,β-unsaturated/α-hetero) is 1. The van der Waals surface area contributed by atoms with Crippen LogP contribution in [0.5, 0.6) is 23.0 Å². The van der Waals surface area contributed by atoms with Crippen molar-refractivity contribution in [3.63, 3.8) is 0 Å². The number of rotatable bonds is 10. The van der Waals surface area contributed by atoms with Gasteiger partial charge in [-0.15, -0.1) is 0 Å². The molecule has 3 aromatic rings. The summed E-state index contributed by atoms with van der Waals surface area (Å²) in [6.07, 6.45) is 1.78. The first kappa shape index (κ1) is 24.7. The van der Waals surface area contributed by atoms with E-state index in [0.717, 1.165) is 5.56 Å². The van der Waals surface area contributed by atoms with Crippen LogP contribution in [0.15, 0.2) is 70.5 Å². The van der Waals surface area contributed by atoms with Crippen LogP contribution in [0, 0.1) is 0 Å². The molecule has 0 aliphatic carbocycles. The fourth-order valence-electron chi connectivity index (χ4n) is 4.32. The molecular weight excluding hydrogens is 466 g/mol. The number of nitrogens with zero attached hydrogens (tertiary/aromatic N) is 1. The second kappa shape index (κ2) is 10.5. The second-order valence-corrected chi connectivity index (χ2v) is 8.02. The minimum absolute atomic E-state index is 0.0120. The van der Waals surface area contributed by atoms with E-state index < -0.39 is 23.5 Å². The number of methoxy groups -OCH3 is 4. The molecule has 1 N–H and O–H groups in total. The molecule has 0 radical (unpaired) electrons. The van der Waals surface area contributed by atoms with E-state index in [4.69, 9.17) is 23.4 Å². The number of aliphatic hydroxyl groups is 1. The van der Waals surface area contributed by atoms with Gasteiger partial charge in [-0.05, 0) is 54.4 Å². The zero-order chi connectivity index (χ0) is 25.8. The molecule has 1 atom stereocenters. The number of carbonyl (C=O) groups is 2. The minimum Gasteiger partial charge on any atom is -0.503 e. The van der Waals surface area contributed by atoms with Crippen molar-refractivity contribution in [1.29, 1.82) is 0 Å². The molecular formula is C27H27NO8. The van der Waals surface area contributed by atoms with Gasteiger partial charge in [-0.2, -0.15) is 0 Å². The van der Waals surface area contributed by atoms with E-state index in [1.807, 2.05) is 12.1 Å². The highest BCUT2D eigenvalue weighted by Gasteiger charge is 2.45. The summed E-state index contributed by atoms with van der Waals surface area (Å²) in [6, 6.07) is 12.7. The molecule has 1 aliphatic rings. The van der Waals surface area contributed by atoms with Crippen molar-refractivity contribution in [2.45, 2.75) is 12.5 Å². The standard InChI is InChI=1S/C27H27NO8/c1-32-17-8-10-19(33-2)18(15-17)24-23(25(29)21-6-5-13-36-21)26(30)27(31)28(24)12-11-16-7-9-20(34-3)22(14-16)35-4/h5-10,13-15,24,30H,11-12H2,1-4H3/t24-/m1/s1. The van der Waals surface area contributed by atoms with Crippen LogP contribution in [0.2, 0.25) is 0 Å². The summed E-state index contributed by atoms with van der Waals surface area (Å²) in [5.41, 5.74) is 1.28. The molecule has 0 saturated carbocycles. The minimum atomic E-state index is -0.930. The molecule has 9 heteroatoms. The molecule has 0 saturated heterocycles. The molecule has 0 unspecified atom stereocenters. The van der Waals surface area contributed by atoms with Gasteiger partial charge in [0, 0.05) is 12.1 Å². The number of amides is 1. The van der Waals surface area contributed by atoms with Crippen LogP contribution in [-0.2, 0) is 11.2 Å². The Hall–Kier alpha value is -4.40. The molecule has 1 aromatic heterocycles. The predicted molar refractivity (Wildman–Crippen MR) is 130 cm³/mol. The van der Waals surface area contributed by atoms with Gasteiger partial charge in [0.25, 0.3) is 5.91 Å². The van der Waals surface area contributed by atoms with Gasteiger partial charge >= 0.3 is 0 Å². The molecule has 2 aromatic carbocycles. The van der Waals surface area contributed by atoms with E-state index in [-0.39, 0.29) is 17.9 Å². The fourth-order valence-corrected chi connectivity index (χ4v) is 4.32. The third kappa shape index (κ3) is 4.47. The maximum Gasteiger partial charge on any atom is 0.290 e.